The molecule has 0 bridgehead atoms. The number of sulfonamides is 1. The molecule has 1 heterocycles. The molecule has 0 aliphatic carbocycles. The summed E-state index contributed by atoms with van der Waals surface area (Å²) in [5.41, 5.74) is 3.21. The van der Waals surface area contributed by atoms with Crippen LogP contribution in [0.15, 0.2) is 65.8 Å². The van der Waals surface area contributed by atoms with E-state index in [1.807, 2.05) is 13.0 Å². The van der Waals surface area contributed by atoms with Crippen LogP contribution in [0.3, 0.4) is 0 Å². The second kappa shape index (κ2) is 8.10. The van der Waals surface area contributed by atoms with Gasteiger partial charge in [-0.2, -0.15) is 0 Å². The molecule has 8 heteroatoms. The minimum absolute atomic E-state index is 0.0562. The van der Waals surface area contributed by atoms with Crippen LogP contribution >= 0.6 is 11.6 Å². The first-order valence-corrected chi connectivity index (χ1v) is 10.3. The summed E-state index contributed by atoms with van der Waals surface area (Å²) in [6, 6.07) is 13.4. The van der Waals surface area contributed by atoms with Crippen molar-refractivity contribution in [1.82, 2.24) is 4.98 Å². The van der Waals surface area contributed by atoms with Crippen molar-refractivity contribution in [1.29, 1.82) is 0 Å². The molecule has 1 aromatic heterocycles. The first-order chi connectivity index (χ1) is 13.2. The normalized spacial score (nSPS) is 11.2. The topological polar surface area (TPSA) is 102 Å². The Morgan fingerprint density at radius 2 is 1.86 bits per heavy atom. The van der Waals surface area contributed by atoms with Crippen molar-refractivity contribution >= 4 is 33.2 Å². The fraction of sp³-hybridized carbons (Fsp3) is 0.100. The SMILES string of the molecule is Cc1cncc(-c2cc(NC(=O)Cc3ccccc3Cl)cc(S(N)(=O)=O)c2)c1. The second-order valence-electron chi connectivity index (χ2n) is 6.36. The fourth-order valence-corrected chi connectivity index (χ4v) is 3.52. The summed E-state index contributed by atoms with van der Waals surface area (Å²) in [7, 11) is -3.96. The van der Waals surface area contributed by atoms with E-state index < -0.39 is 10.0 Å². The zero-order valence-corrected chi connectivity index (χ0v) is 16.6. The van der Waals surface area contributed by atoms with Crippen molar-refractivity contribution in [3.63, 3.8) is 0 Å². The molecule has 0 radical (unpaired) electrons. The van der Waals surface area contributed by atoms with Crippen LogP contribution in [0.4, 0.5) is 5.69 Å². The number of anilines is 1. The van der Waals surface area contributed by atoms with Gasteiger partial charge in [0.2, 0.25) is 15.9 Å². The third-order valence-corrected chi connectivity index (χ3v) is 5.30. The van der Waals surface area contributed by atoms with Crippen LogP contribution in [0.25, 0.3) is 11.1 Å². The van der Waals surface area contributed by atoms with E-state index in [-0.39, 0.29) is 17.2 Å². The van der Waals surface area contributed by atoms with Gasteiger partial charge in [0.1, 0.15) is 0 Å². The molecular weight excluding hydrogens is 398 g/mol. The van der Waals surface area contributed by atoms with E-state index in [9.17, 15) is 13.2 Å². The number of benzene rings is 2. The Morgan fingerprint density at radius 1 is 1.11 bits per heavy atom. The van der Waals surface area contributed by atoms with E-state index in [0.717, 1.165) is 5.56 Å². The summed E-state index contributed by atoms with van der Waals surface area (Å²) in [5.74, 6) is -0.326. The van der Waals surface area contributed by atoms with Crippen LogP contribution < -0.4 is 10.5 Å². The highest BCUT2D eigenvalue weighted by Crippen LogP contribution is 2.27. The number of rotatable bonds is 5. The maximum Gasteiger partial charge on any atom is 0.238 e. The van der Waals surface area contributed by atoms with Crippen LogP contribution in [-0.2, 0) is 21.2 Å². The van der Waals surface area contributed by atoms with Gasteiger partial charge in [-0.3, -0.25) is 9.78 Å². The average Bonchev–Trinajstić information content (AvgIpc) is 2.62. The Balaban J connectivity index is 1.95. The predicted molar refractivity (Wildman–Crippen MR) is 110 cm³/mol. The maximum absolute atomic E-state index is 12.4. The third-order valence-electron chi connectivity index (χ3n) is 4.04. The van der Waals surface area contributed by atoms with Crippen LogP contribution in [0.5, 0.6) is 0 Å². The van der Waals surface area contributed by atoms with Crippen molar-refractivity contribution < 1.29 is 13.2 Å². The highest BCUT2D eigenvalue weighted by atomic mass is 35.5. The Hall–Kier alpha value is -2.74. The number of primary sulfonamides is 1. The van der Waals surface area contributed by atoms with Crippen LogP contribution in [0.2, 0.25) is 5.02 Å². The molecule has 2 aromatic carbocycles. The summed E-state index contributed by atoms with van der Waals surface area (Å²) in [6.45, 7) is 1.88. The number of hydrogen-bond acceptors (Lipinski definition) is 4. The van der Waals surface area contributed by atoms with Gasteiger partial charge in [0.05, 0.1) is 11.3 Å². The standard InChI is InChI=1S/C20H18ClN3O3S/c1-13-6-16(12-23-11-13)15-7-17(10-18(8-15)28(22,26)27)24-20(25)9-14-4-2-3-5-19(14)21/h2-8,10-12H,9H2,1H3,(H,24,25)(H2,22,26,27). The lowest BCUT2D eigenvalue weighted by molar-refractivity contribution is -0.115. The number of aromatic nitrogens is 1. The number of aryl methyl sites for hydroxylation is 1. The largest absolute Gasteiger partial charge is 0.326 e. The van der Waals surface area contributed by atoms with Crippen molar-refractivity contribution in [3.05, 3.63) is 77.1 Å². The lowest BCUT2D eigenvalue weighted by Crippen LogP contribution is -2.16. The van der Waals surface area contributed by atoms with Gasteiger partial charge in [0.25, 0.3) is 0 Å². The number of amides is 1. The fourth-order valence-electron chi connectivity index (χ4n) is 2.73. The molecule has 3 rings (SSSR count). The van der Waals surface area contributed by atoms with Gasteiger partial charge in [0, 0.05) is 28.7 Å². The van der Waals surface area contributed by atoms with E-state index in [1.165, 1.54) is 12.1 Å². The lowest BCUT2D eigenvalue weighted by atomic mass is 10.1. The highest BCUT2D eigenvalue weighted by molar-refractivity contribution is 7.89. The number of nitrogens with zero attached hydrogens (tertiary/aromatic N) is 1. The Labute approximate surface area is 168 Å². The van der Waals surface area contributed by atoms with E-state index >= 15 is 0 Å². The minimum atomic E-state index is -3.96. The van der Waals surface area contributed by atoms with Gasteiger partial charge in [0.15, 0.2) is 0 Å². The van der Waals surface area contributed by atoms with Gasteiger partial charge in [-0.25, -0.2) is 13.6 Å². The number of carbonyl (C=O) groups excluding carboxylic acids is 1. The van der Waals surface area contributed by atoms with E-state index in [1.54, 1.807) is 42.7 Å². The van der Waals surface area contributed by atoms with Crippen molar-refractivity contribution in [3.8, 4) is 11.1 Å². The summed E-state index contributed by atoms with van der Waals surface area (Å²) in [4.78, 5) is 16.5. The van der Waals surface area contributed by atoms with E-state index in [2.05, 4.69) is 10.3 Å². The van der Waals surface area contributed by atoms with Crippen molar-refractivity contribution in [2.75, 3.05) is 5.32 Å². The zero-order chi connectivity index (χ0) is 20.3. The van der Waals surface area contributed by atoms with E-state index in [0.29, 0.717) is 27.4 Å². The molecule has 0 saturated heterocycles. The number of nitrogens with two attached hydrogens (primary N) is 1. The first kappa shape index (κ1) is 20.0. The zero-order valence-electron chi connectivity index (χ0n) is 15.0. The van der Waals surface area contributed by atoms with Gasteiger partial charge in [-0.15, -0.1) is 0 Å². The van der Waals surface area contributed by atoms with Gasteiger partial charge in [-0.05, 0) is 53.9 Å². The molecule has 0 saturated carbocycles. The molecule has 0 aliphatic rings. The van der Waals surface area contributed by atoms with Crippen LogP contribution in [0, 0.1) is 6.92 Å². The molecule has 0 atom stereocenters. The molecule has 3 aromatic rings. The molecule has 28 heavy (non-hydrogen) atoms. The summed E-state index contributed by atoms with van der Waals surface area (Å²) >= 11 is 6.09. The molecule has 0 aliphatic heterocycles. The van der Waals surface area contributed by atoms with Gasteiger partial charge in [-0.1, -0.05) is 29.8 Å². The lowest BCUT2D eigenvalue weighted by Gasteiger charge is -2.11. The van der Waals surface area contributed by atoms with Gasteiger partial charge < -0.3 is 5.32 Å². The monoisotopic (exact) mass is 415 g/mol. The molecule has 144 valence electrons. The minimum Gasteiger partial charge on any atom is -0.326 e. The van der Waals surface area contributed by atoms with Crippen LogP contribution in [0.1, 0.15) is 11.1 Å². The Morgan fingerprint density at radius 3 is 2.54 bits per heavy atom. The highest BCUT2D eigenvalue weighted by Gasteiger charge is 2.14. The Bertz CT molecular complexity index is 1150. The molecule has 6 nitrogen and oxygen atoms in total. The molecule has 0 spiro atoms. The van der Waals surface area contributed by atoms with Crippen molar-refractivity contribution in [2.24, 2.45) is 5.14 Å². The molecule has 3 N–H and O–H groups in total. The van der Waals surface area contributed by atoms with Crippen molar-refractivity contribution in [2.45, 2.75) is 18.2 Å². The average molecular weight is 416 g/mol. The second-order valence-corrected chi connectivity index (χ2v) is 8.33. The number of carbonyl (C=O) groups is 1. The summed E-state index contributed by atoms with van der Waals surface area (Å²) in [6.07, 6.45) is 3.37. The quantitative estimate of drug-likeness (QED) is 0.665. The summed E-state index contributed by atoms with van der Waals surface area (Å²) in [5, 5.41) is 8.51. The number of pyridine rings is 1. The molecule has 1 amide bonds. The third kappa shape index (κ3) is 4.95. The predicted octanol–water partition coefficient (Wildman–Crippen LogP) is 3.54. The molecule has 0 unspecified atom stereocenters. The maximum atomic E-state index is 12.4. The van der Waals surface area contributed by atoms with Crippen LogP contribution in [-0.4, -0.2) is 19.3 Å². The number of hydrogen-bond donors (Lipinski definition) is 2. The Kier molecular flexibility index (Phi) is 5.79. The molecular formula is C20H18ClN3O3S. The first-order valence-electron chi connectivity index (χ1n) is 8.35. The number of halogens is 1. The van der Waals surface area contributed by atoms with E-state index in [4.69, 9.17) is 16.7 Å². The van der Waals surface area contributed by atoms with Gasteiger partial charge >= 0.3 is 0 Å². The molecule has 0 fully saturated rings. The smallest absolute Gasteiger partial charge is 0.238 e. The summed E-state index contributed by atoms with van der Waals surface area (Å²) < 4.78 is 23.8. The number of nitrogens with one attached hydrogen (secondary N) is 1.